The SMILES string of the molecule is CC(C)N(C)S(=O)(=O)NCC1(O)CCOCC1. The van der Waals surface area contributed by atoms with E-state index < -0.39 is 15.8 Å². The first-order valence-electron chi connectivity index (χ1n) is 5.80. The monoisotopic (exact) mass is 266 g/mol. The van der Waals surface area contributed by atoms with Gasteiger partial charge in [-0.05, 0) is 13.8 Å². The van der Waals surface area contributed by atoms with Crippen LogP contribution >= 0.6 is 0 Å². The highest BCUT2D eigenvalue weighted by Gasteiger charge is 2.32. The van der Waals surface area contributed by atoms with E-state index in [9.17, 15) is 13.5 Å². The van der Waals surface area contributed by atoms with Gasteiger partial charge in [0, 0.05) is 45.7 Å². The molecule has 0 amide bonds. The standard InChI is InChI=1S/C10H22N2O4S/c1-9(2)12(3)17(14,15)11-8-10(13)4-6-16-7-5-10/h9,11,13H,4-8H2,1-3H3. The zero-order valence-electron chi connectivity index (χ0n) is 10.6. The van der Waals surface area contributed by atoms with Gasteiger partial charge in [-0.25, -0.2) is 0 Å². The molecule has 6 nitrogen and oxygen atoms in total. The summed E-state index contributed by atoms with van der Waals surface area (Å²) in [4.78, 5) is 0. The molecule has 1 fully saturated rings. The van der Waals surface area contributed by atoms with Crippen molar-refractivity contribution in [3.63, 3.8) is 0 Å². The van der Waals surface area contributed by atoms with Crippen LogP contribution in [0.4, 0.5) is 0 Å². The molecular formula is C10H22N2O4S. The Kier molecular flexibility index (Phi) is 4.91. The Hall–Kier alpha value is -0.210. The lowest BCUT2D eigenvalue weighted by Gasteiger charge is -2.33. The third-order valence-electron chi connectivity index (χ3n) is 3.11. The summed E-state index contributed by atoms with van der Waals surface area (Å²) in [5.74, 6) is 0. The lowest BCUT2D eigenvalue weighted by Crippen LogP contribution is -2.50. The Morgan fingerprint density at radius 3 is 2.41 bits per heavy atom. The molecule has 0 bridgehead atoms. The highest BCUT2D eigenvalue weighted by Crippen LogP contribution is 2.19. The molecule has 1 heterocycles. The number of nitrogens with zero attached hydrogens (tertiary/aromatic N) is 1. The van der Waals surface area contributed by atoms with E-state index in [1.165, 1.54) is 11.4 Å². The van der Waals surface area contributed by atoms with Crippen molar-refractivity contribution in [1.82, 2.24) is 9.03 Å². The van der Waals surface area contributed by atoms with Crippen LogP contribution in [0.25, 0.3) is 0 Å². The predicted octanol–water partition coefficient (Wildman–Crippen LogP) is -0.297. The predicted molar refractivity (Wildman–Crippen MR) is 64.8 cm³/mol. The number of ether oxygens (including phenoxy) is 1. The molecule has 1 aliphatic heterocycles. The van der Waals surface area contributed by atoms with Crippen molar-refractivity contribution in [1.29, 1.82) is 0 Å². The van der Waals surface area contributed by atoms with E-state index in [1.54, 1.807) is 13.8 Å². The van der Waals surface area contributed by atoms with Gasteiger partial charge in [-0.3, -0.25) is 0 Å². The highest BCUT2D eigenvalue weighted by atomic mass is 32.2. The summed E-state index contributed by atoms with van der Waals surface area (Å²) in [7, 11) is -2.00. The summed E-state index contributed by atoms with van der Waals surface area (Å²) in [6.07, 6.45) is 0.918. The Balaban J connectivity index is 2.54. The van der Waals surface area contributed by atoms with Crippen LogP contribution < -0.4 is 4.72 Å². The van der Waals surface area contributed by atoms with Gasteiger partial charge in [0.05, 0.1) is 5.60 Å². The molecule has 17 heavy (non-hydrogen) atoms. The topological polar surface area (TPSA) is 78.9 Å². The average Bonchev–Trinajstić information content (AvgIpc) is 2.27. The largest absolute Gasteiger partial charge is 0.388 e. The van der Waals surface area contributed by atoms with Crippen molar-refractivity contribution in [3.05, 3.63) is 0 Å². The number of hydrogen-bond acceptors (Lipinski definition) is 4. The minimum atomic E-state index is -3.51. The molecule has 0 atom stereocenters. The molecule has 1 saturated heterocycles. The van der Waals surface area contributed by atoms with Crippen LogP contribution in [0.2, 0.25) is 0 Å². The van der Waals surface area contributed by atoms with Crippen molar-refractivity contribution in [2.75, 3.05) is 26.8 Å². The molecule has 0 spiro atoms. The molecule has 0 aromatic heterocycles. The quantitative estimate of drug-likeness (QED) is 0.716. The second kappa shape index (κ2) is 5.62. The maximum absolute atomic E-state index is 11.8. The average molecular weight is 266 g/mol. The van der Waals surface area contributed by atoms with Gasteiger partial charge in [-0.15, -0.1) is 0 Å². The Bertz CT molecular complexity index is 336. The van der Waals surface area contributed by atoms with Crippen molar-refractivity contribution < 1.29 is 18.3 Å². The molecule has 7 heteroatoms. The molecule has 2 N–H and O–H groups in total. The van der Waals surface area contributed by atoms with E-state index in [2.05, 4.69) is 4.72 Å². The zero-order valence-corrected chi connectivity index (χ0v) is 11.5. The van der Waals surface area contributed by atoms with Gasteiger partial charge in [-0.1, -0.05) is 0 Å². The smallest absolute Gasteiger partial charge is 0.279 e. The van der Waals surface area contributed by atoms with E-state index >= 15 is 0 Å². The second-order valence-corrected chi connectivity index (χ2v) is 6.59. The first kappa shape index (κ1) is 14.8. The van der Waals surface area contributed by atoms with E-state index in [0.717, 1.165) is 0 Å². The fourth-order valence-corrected chi connectivity index (χ4v) is 2.74. The highest BCUT2D eigenvalue weighted by molar-refractivity contribution is 7.87. The van der Waals surface area contributed by atoms with E-state index in [-0.39, 0.29) is 12.6 Å². The summed E-state index contributed by atoms with van der Waals surface area (Å²) in [5, 5.41) is 10.1. The summed E-state index contributed by atoms with van der Waals surface area (Å²) < 4.78 is 32.5. The molecule has 0 aliphatic carbocycles. The number of nitrogens with one attached hydrogen (secondary N) is 1. The van der Waals surface area contributed by atoms with Gasteiger partial charge in [0.1, 0.15) is 0 Å². The lowest BCUT2D eigenvalue weighted by molar-refractivity contribution is -0.0590. The van der Waals surface area contributed by atoms with Gasteiger partial charge >= 0.3 is 0 Å². The fraction of sp³-hybridized carbons (Fsp3) is 1.00. The number of hydrogen-bond donors (Lipinski definition) is 2. The van der Waals surface area contributed by atoms with Crippen LogP contribution in [0.5, 0.6) is 0 Å². The van der Waals surface area contributed by atoms with E-state index in [1.807, 2.05) is 0 Å². The first-order valence-corrected chi connectivity index (χ1v) is 7.24. The molecule has 0 unspecified atom stereocenters. The zero-order chi connectivity index (χ0) is 13.1. The van der Waals surface area contributed by atoms with Gasteiger partial charge < -0.3 is 9.84 Å². The Morgan fingerprint density at radius 2 is 1.94 bits per heavy atom. The Labute approximate surface area is 103 Å². The molecule has 102 valence electrons. The van der Waals surface area contributed by atoms with E-state index in [0.29, 0.717) is 26.1 Å². The van der Waals surface area contributed by atoms with Gasteiger partial charge in [0.2, 0.25) is 0 Å². The van der Waals surface area contributed by atoms with Gasteiger partial charge in [0.15, 0.2) is 0 Å². The molecule has 1 rings (SSSR count). The summed E-state index contributed by atoms with van der Waals surface area (Å²) >= 11 is 0. The molecule has 1 aliphatic rings. The second-order valence-electron chi connectivity index (χ2n) is 4.77. The van der Waals surface area contributed by atoms with Crippen LogP contribution in [-0.4, -0.2) is 56.3 Å². The molecule has 0 saturated carbocycles. The van der Waals surface area contributed by atoms with Crippen molar-refractivity contribution >= 4 is 10.2 Å². The fourth-order valence-electron chi connectivity index (χ4n) is 1.53. The minimum absolute atomic E-state index is 0.0375. The van der Waals surface area contributed by atoms with Crippen LogP contribution in [0.15, 0.2) is 0 Å². The van der Waals surface area contributed by atoms with Gasteiger partial charge in [-0.2, -0.15) is 17.4 Å². The molecule has 0 aromatic rings. The van der Waals surface area contributed by atoms with Crippen molar-refractivity contribution in [2.24, 2.45) is 0 Å². The maximum atomic E-state index is 11.8. The molecular weight excluding hydrogens is 244 g/mol. The first-order chi connectivity index (χ1) is 7.77. The summed E-state index contributed by atoms with van der Waals surface area (Å²) in [6, 6.07) is -0.114. The summed E-state index contributed by atoms with van der Waals surface area (Å²) in [5.41, 5.74) is -0.983. The summed E-state index contributed by atoms with van der Waals surface area (Å²) in [6.45, 7) is 4.57. The van der Waals surface area contributed by atoms with Crippen LogP contribution in [0.3, 0.4) is 0 Å². The van der Waals surface area contributed by atoms with E-state index in [4.69, 9.17) is 4.74 Å². The third kappa shape index (κ3) is 4.18. The van der Waals surface area contributed by atoms with Crippen molar-refractivity contribution in [2.45, 2.75) is 38.3 Å². The number of aliphatic hydroxyl groups is 1. The minimum Gasteiger partial charge on any atom is -0.388 e. The molecule has 0 radical (unpaired) electrons. The number of rotatable bonds is 5. The molecule has 0 aromatic carbocycles. The van der Waals surface area contributed by atoms with Gasteiger partial charge in [0.25, 0.3) is 10.2 Å². The van der Waals surface area contributed by atoms with Crippen LogP contribution in [-0.2, 0) is 14.9 Å². The maximum Gasteiger partial charge on any atom is 0.279 e. The van der Waals surface area contributed by atoms with Crippen molar-refractivity contribution in [3.8, 4) is 0 Å². The third-order valence-corrected chi connectivity index (χ3v) is 4.80. The van der Waals surface area contributed by atoms with Crippen LogP contribution in [0, 0.1) is 0 Å². The Morgan fingerprint density at radius 1 is 1.41 bits per heavy atom. The lowest BCUT2D eigenvalue weighted by atomic mass is 9.95. The van der Waals surface area contributed by atoms with Crippen LogP contribution in [0.1, 0.15) is 26.7 Å². The normalized spacial score (nSPS) is 21.1.